The van der Waals surface area contributed by atoms with Crippen LogP contribution in [0.2, 0.25) is 10.0 Å². The summed E-state index contributed by atoms with van der Waals surface area (Å²) in [5.41, 5.74) is 0.961. The van der Waals surface area contributed by atoms with Gasteiger partial charge in [-0.15, -0.1) is 0 Å². The van der Waals surface area contributed by atoms with Crippen molar-refractivity contribution < 1.29 is 9.47 Å². The lowest BCUT2D eigenvalue weighted by Gasteiger charge is -2.25. The van der Waals surface area contributed by atoms with Crippen LogP contribution in [0.5, 0.6) is 11.5 Å². The Labute approximate surface area is 145 Å². The van der Waals surface area contributed by atoms with E-state index in [1.54, 1.807) is 31.6 Å². The third kappa shape index (κ3) is 3.89. The van der Waals surface area contributed by atoms with Crippen LogP contribution in [0.1, 0.15) is 18.1 Å². The lowest BCUT2D eigenvalue weighted by Crippen LogP contribution is -2.21. The fourth-order valence-corrected chi connectivity index (χ4v) is 3.18. The molecule has 2 atom stereocenters. The van der Waals surface area contributed by atoms with Crippen LogP contribution in [0.3, 0.4) is 0 Å². The van der Waals surface area contributed by atoms with E-state index in [9.17, 15) is 0 Å². The largest absolute Gasteiger partial charge is 0.493 e. The van der Waals surface area contributed by atoms with Crippen molar-refractivity contribution in [3.63, 3.8) is 0 Å². The first-order chi connectivity index (χ1) is 11.2. The summed E-state index contributed by atoms with van der Waals surface area (Å²) in [6.45, 7) is 1.88. The van der Waals surface area contributed by atoms with Crippen molar-refractivity contribution in [1.82, 2.24) is 10.3 Å². The molecule has 23 heavy (non-hydrogen) atoms. The Kier molecular flexibility index (Phi) is 5.26. The van der Waals surface area contributed by atoms with Crippen LogP contribution in [0, 0.1) is 5.92 Å². The molecule has 3 rings (SSSR count). The maximum absolute atomic E-state index is 6.29. The minimum atomic E-state index is -0.147. The van der Waals surface area contributed by atoms with Crippen molar-refractivity contribution >= 4 is 23.2 Å². The van der Waals surface area contributed by atoms with Crippen LogP contribution in [0.15, 0.2) is 36.7 Å². The summed E-state index contributed by atoms with van der Waals surface area (Å²) in [7, 11) is 1.60. The lowest BCUT2D eigenvalue weighted by molar-refractivity contribution is 0.139. The number of ether oxygens (including phenoxy) is 2. The van der Waals surface area contributed by atoms with Crippen LogP contribution in [-0.2, 0) is 0 Å². The fourth-order valence-electron chi connectivity index (χ4n) is 2.83. The molecular formula is C17H18Cl2N2O2. The molecule has 2 heterocycles. The summed E-state index contributed by atoms with van der Waals surface area (Å²) in [5.74, 6) is 1.62. The molecule has 2 aromatic rings. The van der Waals surface area contributed by atoms with Crippen molar-refractivity contribution in [3.05, 3.63) is 52.3 Å². The number of hydrogen-bond donors (Lipinski definition) is 1. The molecule has 1 saturated heterocycles. The summed E-state index contributed by atoms with van der Waals surface area (Å²) < 4.78 is 11.7. The smallest absolute Gasteiger partial charge is 0.162 e. The second-order valence-corrected chi connectivity index (χ2v) is 6.40. The monoisotopic (exact) mass is 352 g/mol. The Morgan fingerprint density at radius 1 is 1.17 bits per heavy atom. The number of hydrogen-bond acceptors (Lipinski definition) is 4. The second-order valence-electron chi connectivity index (χ2n) is 5.52. The molecule has 2 unspecified atom stereocenters. The minimum Gasteiger partial charge on any atom is -0.493 e. The van der Waals surface area contributed by atoms with E-state index in [1.807, 2.05) is 12.1 Å². The van der Waals surface area contributed by atoms with Crippen molar-refractivity contribution in [2.75, 3.05) is 20.2 Å². The molecule has 0 spiro atoms. The lowest BCUT2D eigenvalue weighted by atomic mass is 9.96. The maximum Gasteiger partial charge on any atom is 0.162 e. The quantitative estimate of drug-likeness (QED) is 0.878. The molecule has 1 aromatic carbocycles. The third-order valence-corrected chi connectivity index (χ3v) is 4.40. The van der Waals surface area contributed by atoms with Crippen molar-refractivity contribution in [1.29, 1.82) is 0 Å². The van der Waals surface area contributed by atoms with Crippen LogP contribution < -0.4 is 14.8 Å². The highest BCUT2D eigenvalue weighted by Crippen LogP contribution is 2.37. The van der Waals surface area contributed by atoms with Gasteiger partial charge in [0.05, 0.1) is 12.1 Å². The Bertz CT molecular complexity index is 675. The van der Waals surface area contributed by atoms with Gasteiger partial charge in [0.25, 0.3) is 0 Å². The van der Waals surface area contributed by atoms with Gasteiger partial charge in [0.1, 0.15) is 6.10 Å². The van der Waals surface area contributed by atoms with Crippen molar-refractivity contribution in [2.24, 2.45) is 5.92 Å². The van der Waals surface area contributed by atoms with Crippen molar-refractivity contribution in [2.45, 2.75) is 12.5 Å². The van der Waals surface area contributed by atoms with E-state index in [4.69, 9.17) is 32.7 Å². The predicted molar refractivity (Wildman–Crippen MR) is 91.6 cm³/mol. The molecule has 1 aromatic heterocycles. The van der Waals surface area contributed by atoms with Crippen LogP contribution in [-0.4, -0.2) is 25.2 Å². The molecular weight excluding hydrogens is 335 g/mol. The molecule has 1 aliphatic heterocycles. The highest BCUT2D eigenvalue weighted by Gasteiger charge is 2.29. The minimum absolute atomic E-state index is 0.147. The van der Waals surface area contributed by atoms with E-state index in [0.717, 1.165) is 25.1 Å². The van der Waals surface area contributed by atoms with Crippen LogP contribution in [0.4, 0.5) is 0 Å². The van der Waals surface area contributed by atoms with Gasteiger partial charge < -0.3 is 14.8 Å². The molecule has 1 N–H and O–H groups in total. The highest BCUT2D eigenvalue weighted by molar-refractivity contribution is 6.30. The molecule has 0 bridgehead atoms. The topological polar surface area (TPSA) is 43.4 Å². The summed E-state index contributed by atoms with van der Waals surface area (Å²) in [6.07, 6.45) is 4.31. The van der Waals surface area contributed by atoms with E-state index < -0.39 is 0 Å². The van der Waals surface area contributed by atoms with Crippen molar-refractivity contribution in [3.8, 4) is 11.5 Å². The summed E-state index contributed by atoms with van der Waals surface area (Å²) in [4.78, 5) is 4.19. The number of halogens is 2. The third-order valence-electron chi connectivity index (χ3n) is 3.96. The predicted octanol–water partition coefficient (Wildman–Crippen LogP) is 4.13. The number of benzene rings is 1. The molecule has 0 radical (unpaired) electrons. The molecule has 0 saturated carbocycles. The average Bonchev–Trinajstić information content (AvgIpc) is 3.07. The van der Waals surface area contributed by atoms with E-state index in [0.29, 0.717) is 27.5 Å². The highest BCUT2D eigenvalue weighted by atomic mass is 35.5. The first kappa shape index (κ1) is 16.4. The molecule has 122 valence electrons. The molecule has 1 fully saturated rings. The fraction of sp³-hybridized carbons (Fsp3) is 0.353. The maximum atomic E-state index is 6.29. The second kappa shape index (κ2) is 7.39. The molecule has 0 aliphatic carbocycles. The zero-order chi connectivity index (χ0) is 16.2. The number of nitrogens with zero attached hydrogens (tertiary/aromatic N) is 1. The van der Waals surface area contributed by atoms with E-state index >= 15 is 0 Å². The van der Waals surface area contributed by atoms with Crippen LogP contribution in [0.25, 0.3) is 0 Å². The van der Waals surface area contributed by atoms with Gasteiger partial charge in [-0.25, -0.2) is 0 Å². The Balaban J connectivity index is 1.93. The van der Waals surface area contributed by atoms with Gasteiger partial charge in [-0.2, -0.15) is 0 Å². The van der Waals surface area contributed by atoms with Gasteiger partial charge in [-0.1, -0.05) is 23.2 Å². The summed E-state index contributed by atoms with van der Waals surface area (Å²) in [5, 5.41) is 4.59. The molecule has 0 amide bonds. The zero-order valence-corrected chi connectivity index (χ0v) is 14.3. The SMILES string of the molecule is COc1cc(Cl)ccc1OC(c1cncc(Cl)c1)C1CCNC1. The summed E-state index contributed by atoms with van der Waals surface area (Å²) in [6, 6.07) is 7.27. The number of rotatable bonds is 5. The average molecular weight is 353 g/mol. The Morgan fingerprint density at radius 2 is 2.04 bits per heavy atom. The van der Waals surface area contributed by atoms with Gasteiger partial charge in [0.15, 0.2) is 11.5 Å². The number of pyridine rings is 1. The van der Waals surface area contributed by atoms with Gasteiger partial charge in [-0.3, -0.25) is 4.98 Å². The van der Waals surface area contributed by atoms with Gasteiger partial charge >= 0.3 is 0 Å². The number of aromatic nitrogens is 1. The first-order valence-electron chi connectivity index (χ1n) is 7.48. The molecule has 6 heteroatoms. The molecule has 1 aliphatic rings. The number of methoxy groups -OCH3 is 1. The van der Waals surface area contributed by atoms with E-state index in [2.05, 4.69) is 10.3 Å². The number of nitrogens with one attached hydrogen (secondary N) is 1. The Hall–Kier alpha value is -1.49. The Morgan fingerprint density at radius 3 is 2.74 bits per heavy atom. The standard InChI is InChI=1S/C17H18Cl2N2O2/c1-22-16-7-13(18)2-3-15(16)23-17(11-4-5-20-8-11)12-6-14(19)10-21-9-12/h2-3,6-7,9-11,17,20H,4-5,8H2,1H3. The molecule has 4 nitrogen and oxygen atoms in total. The normalized spacial score (nSPS) is 18.7. The zero-order valence-electron chi connectivity index (χ0n) is 12.8. The first-order valence-corrected chi connectivity index (χ1v) is 8.24. The van der Waals surface area contributed by atoms with E-state index in [-0.39, 0.29) is 6.10 Å². The van der Waals surface area contributed by atoms with Gasteiger partial charge in [0, 0.05) is 41.5 Å². The van der Waals surface area contributed by atoms with Gasteiger partial charge in [0.2, 0.25) is 0 Å². The van der Waals surface area contributed by atoms with Crippen LogP contribution >= 0.6 is 23.2 Å². The summed E-state index contributed by atoms with van der Waals surface area (Å²) >= 11 is 12.1. The van der Waals surface area contributed by atoms with Gasteiger partial charge in [-0.05, 0) is 31.2 Å². The van der Waals surface area contributed by atoms with E-state index in [1.165, 1.54) is 0 Å².